The summed E-state index contributed by atoms with van der Waals surface area (Å²) in [6.07, 6.45) is -0.0269. The number of nitrogens with zero attached hydrogens (tertiary/aromatic N) is 2. The fourth-order valence-corrected chi connectivity index (χ4v) is 3.83. The molecule has 28 heavy (non-hydrogen) atoms. The first-order valence-electron chi connectivity index (χ1n) is 8.58. The van der Waals surface area contributed by atoms with E-state index in [1.54, 1.807) is 0 Å². The lowest BCUT2D eigenvalue weighted by Gasteiger charge is -2.16. The average Bonchev–Trinajstić information content (AvgIpc) is 3.28. The van der Waals surface area contributed by atoms with Gasteiger partial charge in [0.05, 0.1) is 11.6 Å². The molecule has 1 aliphatic rings. The summed E-state index contributed by atoms with van der Waals surface area (Å²) in [6, 6.07) is 12.5. The predicted octanol–water partition coefficient (Wildman–Crippen LogP) is 4.08. The molecule has 1 aliphatic heterocycles. The third kappa shape index (κ3) is 3.77. The van der Waals surface area contributed by atoms with Crippen LogP contribution in [0.25, 0.3) is 11.3 Å². The molecule has 0 saturated carbocycles. The maximum Gasteiger partial charge on any atom is 0.231 e. The fourth-order valence-electron chi connectivity index (χ4n) is 3.11. The van der Waals surface area contributed by atoms with Gasteiger partial charge < -0.3 is 10.2 Å². The molecule has 4 rings (SSSR count). The number of halogens is 2. The second kappa shape index (κ2) is 7.47. The van der Waals surface area contributed by atoms with Gasteiger partial charge in [-0.1, -0.05) is 30.3 Å². The largest absolute Gasteiger partial charge is 0.311 e. The maximum absolute atomic E-state index is 13.4. The lowest BCUT2D eigenvalue weighted by Crippen LogP contribution is -2.28. The third-order valence-electron chi connectivity index (χ3n) is 4.46. The molecule has 3 aromatic rings. The summed E-state index contributed by atoms with van der Waals surface area (Å²) in [7, 11) is 0. The second-order valence-electron chi connectivity index (χ2n) is 6.43. The molecule has 1 unspecified atom stereocenters. The third-order valence-corrected chi connectivity index (χ3v) is 5.22. The van der Waals surface area contributed by atoms with Gasteiger partial charge >= 0.3 is 0 Å². The van der Waals surface area contributed by atoms with E-state index in [1.165, 1.54) is 16.2 Å². The van der Waals surface area contributed by atoms with Crippen molar-refractivity contribution in [3.8, 4) is 11.3 Å². The van der Waals surface area contributed by atoms with E-state index in [2.05, 4.69) is 10.3 Å². The highest BCUT2D eigenvalue weighted by atomic mass is 32.1. The van der Waals surface area contributed by atoms with E-state index in [1.807, 2.05) is 35.7 Å². The SMILES string of the molecule is O=C(Nc1nc(-c2ccccc2)cs1)C1CC(=O)N(c2cc(F)cc(F)c2)C1. The summed E-state index contributed by atoms with van der Waals surface area (Å²) in [5.41, 5.74) is 1.80. The lowest BCUT2D eigenvalue weighted by molar-refractivity contribution is -0.122. The van der Waals surface area contributed by atoms with Crippen LogP contribution in [-0.2, 0) is 9.59 Å². The number of amides is 2. The molecule has 2 aromatic carbocycles. The number of thiazole rings is 1. The Morgan fingerprint density at radius 3 is 2.57 bits per heavy atom. The Bertz CT molecular complexity index is 1020. The van der Waals surface area contributed by atoms with Crippen LogP contribution in [0.3, 0.4) is 0 Å². The van der Waals surface area contributed by atoms with E-state index in [4.69, 9.17) is 0 Å². The standard InChI is InChI=1S/C20H15F2N3O2S/c21-14-7-15(22)9-16(8-14)25-10-13(6-18(25)26)19(27)24-20-23-17(11-28-20)12-4-2-1-3-5-12/h1-5,7-9,11,13H,6,10H2,(H,23,24,27). The van der Waals surface area contributed by atoms with E-state index < -0.39 is 17.6 Å². The summed E-state index contributed by atoms with van der Waals surface area (Å²) < 4.78 is 26.9. The van der Waals surface area contributed by atoms with E-state index in [9.17, 15) is 18.4 Å². The topological polar surface area (TPSA) is 62.3 Å². The molecular weight excluding hydrogens is 384 g/mol. The van der Waals surface area contributed by atoms with Crippen LogP contribution >= 0.6 is 11.3 Å². The summed E-state index contributed by atoms with van der Waals surface area (Å²) >= 11 is 1.29. The number of benzene rings is 2. The zero-order valence-electron chi connectivity index (χ0n) is 14.6. The van der Waals surface area contributed by atoms with Gasteiger partial charge in [0.2, 0.25) is 11.8 Å². The van der Waals surface area contributed by atoms with Crippen LogP contribution in [-0.4, -0.2) is 23.3 Å². The Morgan fingerprint density at radius 2 is 1.86 bits per heavy atom. The summed E-state index contributed by atoms with van der Waals surface area (Å²) in [6.45, 7) is 0.0600. The van der Waals surface area contributed by atoms with Crippen molar-refractivity contribution in [2.24, 2.45) is 5.92 Å². The molecule has 142 valence electrons. The van der Waals surface area contributed by atoms with Crippen LogP contribution in [0.5, 0.6) is 0 Å². The molecule has 2 amide bonds. The number of anilines is 2. The first-order valence-corrected chi connectivity index (χ1v) is 9.46. The Hall–Kier alpha value is -3.13. The van der Waals surface area contributed by atoms with Gasteiger partial charge in [0.25, 0.3) is 0 Å². The number of nitrogens with one attached hydrogen (secondary N) is 1. The smallest absolute Gasteiger partial charge is 0.231 e. The van der Waals surface area contributed by atoms with Crippen LogP contribution < -0.4 is 10.2 Å². The van der Waals surface area contributed by atoms with E-state index in [0.717, 1.165) is 29.5 Å². The van der Waals surface area contributed by atoms with Crippen molar-refractivity contribution in [3.05, 3.63) is 65.5 Å². The molecule has 0 spiro atoms. The highest BCUT2D eigenvalue weighted by Gasteiger charge is 2.35. The van der Waals surface area contributed by atoms with Gasteiger partial charge in [-0.25, -0.2) is 13.8 Å². The molecular formula is C20H15F2N3O2S. The molecule has 5 nitrogen and oxygen atoms in total. The van der Waals surface area contributed by atoms with Crippen molar-refractivity contribution in [2.75, 3.05) is 16.8 Å². The predicted molar refractivity (Wildman–Crippen MR) is 103 cm³/mol. The number of aromatic nitrogens is 1. The quantitative estimate of drug-likeness (QED) is 0.719. The minimum absolute atomic E-state index is 0.0269. The zero-order valence-corrected chi connectivity index (χ0v) is 15.4. The number of hydrogen-bond acceptors (Lipinski definition) is 4. The second-order valence-corrected chi connectivity index (χ2v) is 7.28. The molecule has 1 fully saturated rings. The van der Waals surface area contributed by atoms with Crippen molar-refractivity contribution in [3.63, 3.8) is 0 Å². The highest BCUT2D eigenvalue weighted by Crippen LogP contribution is 2.29. The molecule has 1 aromatic heterocycles. The minimum atomic E-state index is -0.771. The van der Waals surface area contributed by atoms with E-state index in [0.29, 0.717) is 5.13 Å². The number of rotatable bonds is 4. The Labute approximate surface area is 163 Å². The van der Waals surface area contributed by atoms with Crippen LogP contribution in [0.4, 0.5) is 19.6 Å². The van der Waals surface area contributed by atoms with E-state index >= 15 is 0 Å². The van der Waals surface area contributed by atoms with Crippen LogP contribution in [0.1, 0.15) is 6.42 Å². The molecule has 8 heteroatoms. The van der Waals surface area contributed by atoms with Gasteiger partial charge in [0.15, 0.2) is 5.13 Å². The Balaban J connectivity index is 1.45. The van der Waals surface area contributed by atoms with Gasteiger partial charge in [-0.2, -0.15) is 0 Å². The average molecular weight is 399 g/mol. The Kier molecular flexibility index (Phi) is 4.87. The Morgan fingerprint density at radius 1 is 1.14 bits per heavy atom. The molecule has 1 saturated heterocycles. The zero-order chi connectivity index (χ0) is 19.7. The first-order chi connectivity index (χ1) is 13.5. The van der Waals surface area contributed by atoms with E-state index in [-0.39, 0.29) is 30.5 Å². The normalized spacial score (nSPS) is 16.4. The van der Waals surface area contributed by atoms with Gasteiger partial charge in [-0.05, 0) is 12.1 Å². The molecule has 2 heterocycles. The van der Waals surface area contributed by atoms with Gasteiger partial charge in [-0.3, -0.25) is 9.59 Å². The molecule has 1 atom stereocenters. The number of carbonyl (C=O) groups is 2. The molecule has 1 N–H and O–H groups in total. The monoisotopic (exact) mass is 399 g/mol. The molecule has 0 radical (unpaired) electrons. The molecule has 0 bridgehead atoms. The van der Waals surface area contributed by atoms with Gasteiger partial charge in [0.1, 0.15) is 11.6 Å². The van der Waals surface area contributed by atoms with Crippen molar-refractivity contribution in [1.29, 1.82) is 0 Å². The molecule has 0 aliphatic carbocycles. The number of hydrogen-bond donors (Lipinski definition) is 1. The van der Waals surface area contributed by atoms with Crippen molar-refractivity contribution in [2.45, 2.75) is 6.42 Å². The van der Waals surface area contributed by atoms with Crippen LogP contribution in [0, 0.1) is 17.6 Å². The van der Waals surface area contributed by atoms with Gasteiger partial charge in [-0.15, -0.1) is 11.3 Å². The fraction of sp³-hybridized carbons (Fsp3) is 0.150. The number of carbonyl (C=O) groups excluding carboxylic acids is 2. The van der Waals surface area contributed by atoms with Crippen LogP contribution in [0.2, 0.25) is 0 Å². The lowest BCUT2D eigenvalue weighted by atomic mass is 10.1. The van der Waals surface area contributed by atoms with Gasteiger partial charge in [0, 0.05) is 35.7 Å². The van der Waals surface area contributed by atoms with Crippen molar-refractivity contribution >= 4 is 34.0 Å². The van der Waals surface area contributed by atoms with Crippen LogP contribution in [0.15, 0.2) is 53.9 Å². The maximum atomic E-state index is 13.4. The summed E-state index contributed by atoms with van der Waals surface area (Å²) in [4.78, 5) is 30.4. The van der Waals surface area contributed by atoms with Crippen molar-refractivity contribution in [1.82, 2.24) is 4.98 Å². The summed E-state index contributed by atoms with van der Waals surface area (Å²) in [5.74, 6) is -2.86. The first kappa shape index (κ1) is 18.2. The minimum Gasteiger partial charge on any atom is -0.311 e. The highest BCUT2D eigenvalue weighted by molar-refractivity contribution is 7.14. The van der Waals surface area contributed by atoms with Crippen molar-refractivity contribution < 1.29 is 18.4 Å². The summed E-state index contributed by atoms with van der Waals surface area (Å²) in [5, 5.41) is 5.01.